The molecule has 118 valence electrons. The first-order valence-corrected chi connectivity index (χ1v) is 6.40. The molecule has 0 saturated carbocycles. The summed E-state index contributed by atoms with van der Waals surface area (Å²) in [5, 5.41) is 17.4. The van der Waals surface area contributed by atoms with E-state index in [0.717, 1.165) is 4.90 Å². The molecule has 21 heavy (non-hydrogen) atoms. The molecule has 0 aromatic carbocycles. The molecule has 9 nitrogen and oxygen atoms in total. The van der Waals surface area contributed by atoms with E-state index in [2.05, 4.69) is 4.74 Å². The summed E-state index contributed by atoms with van der Waals surface area (Å²) in [5.41, 5.74) is 0. The first-order valence-electron chi connectivity index (χ1n) is 6.40. The van der Waals surface area contributed by atoms with Gasteiger partial charge in [-0.3, -0.25) is 14.4 Å². The molecular formula is C12H18N2O7. The number of urea groups is 1. The Hall–Kier alpha value is -2.32. The molecule has 1 aliphatic rings. The minimum atomic E-state index is -1.28. The zero-order valence-electron chi connectivity index (χ0n) is 11.7. The number of methoxy groups -OCH3 is 1. The number of hydrogen-bond acceptors (Lipinski definition) is 5. The van der Waals surface area contributed by atoms with Crippen molar-refractivity contribution in [2.45, 2.75) is 12.8 Å². The molecule has 0 spiro atoms. The number of carboxylic acid groups (broad SMARTS) is 2. The first-order chi connectivity index (χ1) is 9.85. The fraction of sp³-hybridized carbons (Fsp3) is 0.667. The van der Waals surface area contributed by atoms with Gasteiger partial charge in [0.2, 0.25) is 0 Å². The van der Waals surface area contributed by atoms with E-state index in [1.165, 1.54) is 12.0 Å². The van der Waals surface area contributed by atoms with Gasteiger partial charge in [-0.25, -0.2) is 4.79 Å². The van der Waals surface area contributed by atoms with Crippen molar-refractivity contribution in [1.82, 2.24) is 9.80 Å². The molecule has 0 bridgehead atoms. The maximum atomic E-state index is 12.1. The number of nitrogens with zero attached hydrogens (tertiary/aromatic N) is 2. The van der Waals surface area contributed by atoms with Gasteiger partial charge in [0, 0.05) is 13.1 Å². The van der Waals surface area contributed by atoms with Gasteiger partial charge in [-0.2, -0.15) is 0 Å². The van der Waals surface area contributed by atoms with Gasteiger partial charge in [0.25, 0.3) is 0 Å². The molecule has 1 saturated heterocycles. The minimum absolute atomic E-state index is 0.258. The zero-order chi connectivity index (χ0) is 16.0. The molecule has 0 aromatic heterocycles. The Labute approximate surface area is 121 Å². The summed E-state index contributed by atoms with van der Waals surface area (Å²) >= 11 is 0. The SMILES string of the molecule is COC(=O)C1CCN(C(=O)N(CC(=O)O)CC(=O)O)CC1. The fourth-order valence-corrected chi connectivity index (χ4v) is 2.19. The van der Waals surface area contributed by atoms with Crippen molar-refractivity contribution >= 4 is 23.9 Å². The van der Waals surface area contributed by atoms with Crippen molar-refractivity contribution in [3.05, 3.63) is 0 Å². The Kier molecular flexibility index (Phi) is 5.94. The van der Waals surface area contributed by atoms with Gasteiger partial charge in [-0.05, 0) is 12.8 Å². The molecule has 2 amide bonds. The standard InChI is InChI=1S/C12H18N2O7/c1-21-11(19)8-2-4-13(5-3-8)12(20)14(6-9(15)16)7-10(17)18/h8H,2-7H2,1H3,(H,15,16)(H,17,18). The van der Waals surface area contributed by atoms with Crippen LogP contribution in [-0.4, -0.2) is 77.2 Å². The zero-order valence-corrected chi connectivity index (χ0v) is 11.7. The van der Waals surface area contributed by atoms with Crippen LogP contribution >= 0.6 is 0 Å². The molecular weight excluding hydrogens is 284 g/mol. The summed E-state index contributed by atoms with van der Waals surface area (Å²) in [6, 6.07) is -0.650. The number of carbonyl (C=O) groups is 4. The van der Waals surface area contributed by atoms with E-state index in [0.29, 0.717) is 12.8 Å². The normalized spacial score (nSPS) is 15.4. The van der Waals surface area contributed by atoms with E-state index in [4.69, 9.17) is 10.2 Å². The van der Waals surface area contributed by atoms with Crippen LogP contribution < -0.4 is 0 Å². The van der Waals surface area contributed by atoms with Crippen molar-refractivity contribution in [2.24, 2.45) is 5.92 Å². The molecule has 2 N–H and O–H groups in total. The summed E-state index contributed by atoms with van der Waals surface area (Å²) in [6.07, 6.45) is 0.818. The predicted molar refractivity (Wildman–Crippen MR) is 68.6 cm³/mol. The smallest absolute Gasteiger partial charge is 0.323 e. The maximum absolute atomic E-state index is 12.1. The van der Waals surface area contributed by atoms with E-state index in [-0.39, 0.29) is 25.0 Å². The third-order valence-electron chi connectivity index (χ3n) is 3.22. The van der Waals surface area contributed by atoms with Crippen molar-refractivity contribution in [1.29, 1.82) is 0 Å². The molecule has 0 unspecified atom stereocenters. The Morgan fingerprint density at radius 3 is 1.95 bits per heavy atom. The lowest BCUT2D eigenvalue weighted by molar-refractivity contribution is -0.146. The van der Waals surface area contributed by atoms with Gasteiger partial charge in [-0.15, -0.1) is 0 Å². The maximum Gasteiger partial charge on any atom is 0.323 e. The summed E-state index contributed by atoms with van der Waals surface area (Å²) in [6.45, 7) is -0.840. The molecule has 1 aliphatic heterocycles. The molecule has 0 atom stereocenters. The summed E-state index contributed by atoms with van der Waals surface area (Å²) < 4.78 is 4.63. The fourth-order valence-electron chi connectivity index (χ4n) is 2.19. The van der Waals surface area contributed by atoms with Gasteiger partial charge < -0.3 is 24.7 Å². The van der Waals surface area contributed by atoms with E-state index < -0.39 is 31.1 Å². The number of rotatable bonds is 5. The Morgan fingerprint density at radius 1 is 1.10 bits per heavy atom. The molecule has 1 rings (SSSR count). The molecule has 0 radical (unpaired) electrons. The highest BCUT2D eigenvalue weighted by atomic mass is 16.5. The number of carbonyl (C=O) groups excluding carboxylic acids is 2. The van der Waals surface area contributed by atoms with Crippen LogP contribution in [0.2, 0.25) is 0 Å². The van der Waals surface area contributed by atoms with Gasteiger partial charge in [0.1, 0.15) is 13.1 Å². The highest BCUT2D eigenvalue weighted by molar-refractivity contribution is 5.84. The third kappa shape index (κ3) is 4.93. The van der Waals surface area contributed by atoms with Crippen molar-refractivity contribution in [2.75, 3.05) is 33.3 Å². The lowest BCUT2D eigenvalue weighted by Gasteiger charge is -2.33. The van der Waals surface area contributed by atoms with Crippen molar-refractivity contribution < 1.29 is 34.1 Å². The summed E-state index contributed by atoms with van der Waals surface area (Å²) in [7, 11) is 1.29. The minimum Gasteiger partial charge on any atom is -0.480 e. The van der Waals surface area contributed by atoms with Crippen molar-refractivity contribution in [3.8, 4) is 0 Å². The molecule has 9 heteroatoms. The van der Waals surface area contributed by atoms with Crippen LogP contribution in [0.5, 0.6) is 0 Å². The lowest BCUT2D eigenvalue weighted by atomic mass is 9.97. The Bertz CT molecular complexity index is 413. The number of hydrogen-bond donors (Lipinski definition) is 2. The molecule has 0 aliphatic carbocycles. The highest BCUT2D eigenvalue weighted by Crippen LogP contribution is 2.19. The Balaban J connectivity index is 2.62. The quantitative estimate of drug-likeness (QED) is 0.653. The van der Waals surface area contributed by atoms with E-state index in [1.54, 1.807) is 0 Å². The number of aliphatic carboxylic acids is 2. The predicted octanol–water partition coefficient (Wildman–Crippen LogP) is -0.537. The van der Waals surface area contributed by atoms with Crippen LogP contribution in [0.25, 0.3) is 0 Å². The number of amides is 2. The van der Waals surface area contributed by atoms with Gasteiger partial charge in [-0.1, -0.05) is 0 Å². The van der Waals surface area contributed by atoms with E-state index >= 15 is 0 Å². The van der Waals surface area contributed by atoms with E-state index in [1.807, 2.05) is 0 Å². The van der Waals surface area contributed by atoms with E-state index in [9.17, 15) is 19.2 Å². The Morgan fingerprint density at radius 2 is 1.57 bits per heavy atom. The third-order valence-corrected chi connectivity index (χ3v) is 3.22. The number of likely N-dealkylation sites (tertiary alicyclic amines) is 1. The largest absolute Gasteiger partial charge is 0.480 e. The number of piperidine rings is 1. The van der Waals surface area contributed by atoms with Crippen LogP contribution in [0.3, 0.4) is 0 Å². The van der Waals surface area contributed by atoms with Crippen LogP contribution in [0, 0.1) is 5.92 Å². The monoisotopic (exact) mass is 302 g/mol. The summed E-state index contributed by atoms with van der Waals surface area (Å²) in [5.74, 6) is -3.19. The molecule has 1 heterocycles. The second-order valence-electron chi connectivity index (χ2n) is 4.71. The highest BCUT2D eigenvalue weighted by Gasteiger charge is 2.31. The number of carboxylic acids is 2. The summed E-state index contributed by atoms with van der Waals surface area (Å²) in [4.78, 5) is 47.0. The number of ether oxygens (including phenoxy) is 1. The molecule has 0 aromatic rings. The second-order valence-corrected chi connectivity index (χ2v) is 4.71. The van der Waals surface area contributed by atoms with Crippen LogP contribution in [0.15, 0.2) is 0 Å². The van der Waals surface area contributed by atoms with Crippen LogP contribution in [0.1, 0.15) is 12.8 Å². The first kappa shape index (κ1) is 16.7. The average Bonchev–Trinajstić information content (AvgIpc) is 2.44. The topological polar surface area (TPSA) is 124 Å². The lowest BCUT2D eigenvalue weighted by Crippen LogP contribution is -2.50. The van der Waals surface area contributed by atoms with Gasteiger partial charge in [0.15, 0.2) is 0 Å². The van der Waals surface area contributed by atoms with Crippen LogP contribution in [-0.2, 0) is 19.1 Å². The van der Waals surface area contributed by atoms with Crippen molar-refractivity contribution in [3.63, 3.8) is 0 Å². The number of esters is 1. The average molecular weight is 302 g/mol. The molecule has 1 fully saturated rings. The van der Waals surface area contributed by atoms with Gasteiger partial charge >= 0.3 is 23.9 Å². The van der Waals surface area contributed by atoms with Gasteiger partial charge in [0.05, 0.1) is 13.0 Å². The van der Waals surface area contributed by atoms with Crippen LogP contribution in [0.4, 0.5) is 4.79 Å². The second kappa shape index (κ2) is 7.46.